The molecule has 2 N–H and O–H groups in total. The quantitative estimate of drug-likeness (QED) is 0.747. The maximum Gasteiger partial charge on any atom is 0.251 e. The van der Waals surface area contributed by atoms with Crippen molar-refractivity contribution in [2.24, 2.45) is 0 Å². The highest BCUT2D eigenvalue weighted by Crippen LogP contribution is 2.04. The Bertz CT molecular complexity index is 317. The van der Waals surface area contributed by atoms with Crippen LogP contribution in [0.2, 0.25) is 0 Å². The topological polar surface area (TPSA) is 49.3 Å². The monoisotopic (exact) mass is 191 g/mol. The zero-order valence-electron chi connectivity index (χ0n) is 7.86. The van der Waals surface area contributed by atoms with Crippen LogP contribution < -0.4 is 5.32 Å². The lowest BCUT2D eigenvalue weighted by Crippen LogP contribution is -2.26. The van der Waals surface area contributed by atoms with Gasteiger partial charge in [-0.3, -0.25) is 4.79 Å². The first-order valence-corrected chi connectivity index (χ1v) is 4.39. The summed E-state index contributed by atoms with van der Waals surface area (Å²) in [5.74, 6) is -0.172. The predicted molar refractivity (Wildman–Crippen MR) is 56.0 cm³/mol. The third-order valence-corrected chi connectivity index (χ3v) is 1.81. The molecule has 0 aromatic heterocycles. The van der Waals surface area contributed by atoms with Crippen LogP contribution in [-0.4, -0.2) is 24.2 Å². The van der Waals surface area contributed by atoms with E-state index in [4.69, 9.17) is 5.11 Å². The number of aliphatic hydroxyl groups excluding tert-OH is 1. The van der Waals surface area contributed by atoms with Crippen LogP contribution in [0, 0.1) is 0 Å². The summed E-state index contributed by atoms with van der Waals surface area (Å²) in [6, 6.07) is 7.09. The molecular formula is C11H13NO2. The molecule has 0 heterocycles. The predicted octanol–water partition coefficient (Wildman–Crippen LogP) is 1.05. The van der Waals surface area contributed by atoms with Crippen molar-refractivity contribution < 1.29 is 9.90 Å². The number of carbonyl (C=O) groups excluding carboxylic acids is 1. The van der Waals surface area contributed by atoms with Gasteiger partial charge in [0.2, 0.25) is 0 Å². The summed E-state index contributed by atoms with van der Waals surface area (Å²) in [6.45, 7) is 3.86. The average Bonchev–Trinajstić information content (AvgIpc) is 2.26. The van der Waals surface area contributed by atoms with Gasteiger partial charge in [0.05, 0.1) is 6.61 Å². The van der Waals surface area contributed by atoms with E-state index in [0.29, 0.717) is 5.56 Å². The number of aliphatic hydroxyl groups is 1. The molecule has 1 amide bonds. The largest absolute Gasteiger partial charge is 0.395 e. The van der Waals surface area contributed by atoms with Crippen molar-refractivity contribution >= 4 is 12.0 Å². The van der Waals surface area contributed by atoms with Crippen LogP contribution in [0.5, 0.6) is 0 Å². The fourth-order valence-electron chi connectivity index (χ4n) is 1.04. The molecule has 3 heteroatoms. The molecule has 0 aliphatic rings. The minimum atomic E-state index is -0.172. The summed E-state index contributed by atoms with van der Waals surface area (Å²) in [5, 5.41) is 11.1. The number of nitrogens with one attached hydrogen (secondary N) is 1. The van der Waals surface area contributed by atoms with Gasteiger partial charge in [0.1, 0.15) is 0 Å². The lowest BCUT2D eigenvalue weighted by atomic mass is 10.1. The molecule has 1 aromatic rings. The van der Waals surface area contributed by atoms with E-state index < -0.39 is 0 Å². The fraction of sp³-hybridized carbons (Fsp3) is 0.182. The minimum Gasteiger partial charge on any atom is -0.395 e. The Morgan fingerprint density at radius 3 is 2.57 bits per heavy atom. The molecule has 74 valence electrons. The maximum absolute atomic E-state index is 11.4. The zero-order chi connectivity index (χ0) is 10.4. The Labute approximate surface area is 83.1 Å². The Morgan fingerprint density at radius 1 is 1.43 bits per heavy atom. The van der Waals surface area contributed by atoms with E-state index in [0.717, 1.165) is 5.56 Å². The second-order valence-electron chi connectivity index (χ2n) is 2.81. The summed E-state index contributed by atoms with van der Waals surface area (Å²) in [5.41, 5.74) is 1.56. The molecule has 0 aliphatic heterocycles. The van der Waals surface area contributed by atoms with E-state index >= 15 is 0 Å². The van der Waals surface area contributed by atoms with Crippen LogP contribution in [-0.2, 0) is 0 Å². The van der Waals surface area contributed by atoms with Gasteiger partial charge in [0.15, 0.2) is 0 Å². The molecule has 0 atom stereocenters. The van der Waals surface area contributed by atoms with Gasteiger partial charge in [0.25, 0.3) is 5.91 Å². The molecule has 1 rings (SSSR count). The van der Waals surface area contributed by atoms with Crippen molar-refractivity contribution in [1.29, 1.82) is 0 Å². The van der Waals surface area contributed by atoms with E-state index in [9.17, 15) is 4.79 Å². The SMILES string of the molecule is C=Cc1ccc(C(=O)NCCO)cc1. The third-order valence-electron chi connectivity index (χ3n) is 1.81. The highest BCUT2D eigenvalue weighted by atomic mass is 16.3. The Morgan fingerprint density at radius 2 is 2.07 bits per heavy atom. The Balaban J connectivity index is 2.66. The molecule has 0 spiro atoms. The van der Waals surface area contributed by atoms with Crippen molar-refractivity contribution in [3.63, 3.8) is 0 Å². The normalized spacial score (nSPS) is 9.50. The molecule has 1 aromatic carbocycles. The first kappa shape index (κ1) is 10.5. The van der Waals surface area contributed by atoms with E-state index in [1.54, 1.807) is 18.2 Å². The number of hydrogen-bond donors (Lipinski definition) is 2. The van der Waals surface area contributed by atoms with E-state index in [2.05, 4.69) is 11.9 Å². The first-order chi connectivity index (χ1) is 6.77. The van der Waals surface area contributed by atoms with Crippen molar-refractivity contribution in [2.75, 3.05) is 13.2 Å². The number of rotatable bonds is 4. The number of benzene rings is 1. The Hall–Kier alpha value is -1.61. The van der Waals surface area contributed by atoms with E-state index in [1.165, 1.54) is 0 Å². The van der Waals surface area contributed by atoms with Crippen LogP contribution in [0.1, 0.15) is 15.9 Å². The summed E-state index contributed by atoms with van der Waals surface area (Å²) >= 11 is 0. The van der Waals surface area contributed by atoms with Crippen molar-refractivity contribution in [2.45, 2.75) is 0 Å². The molecule has 0 fully saturated rings. The van der Waals surface area contributed by atoms with Crippen molar-refractivity contribution in [3.05, 3.63) is 42.0 Å². The molecule has 0 unspecified atom stereocenters. The van der Waals surface area contributed by atoms with Crippen molar-refractivity contribution in [3.8, 4) is 0 Å². The van der Waals surface area contributed by atoms with Crippen molar-refractivity contribution in [1.82, 2.24) is 5.32 Å². The summed E-state index contributed by atoms with van der Waals surface area (Å²) in [4.78, 5) is 11.4. The number of carbonyl (C=O) groups is 1. The van der Waals surface area contributed by atoms with Crippen LogP contribution in [0.25, 0.3) is 6.08 Å². The van der Waals surface area contributed by atoms with Gasteiger partial charge < -0.3 is 10.4 Å². The third kappa shape index (κ3) is 2.71. The molecule has 0 saturated heterocycles. The molecule has 14 heavy (non-hydrogen) atoms. The molecule has 0 bridgehead atoms. The zero-order valence-corrected chi connectivity index (χ0v) is 7.86. The van der Waals surface area contributed by atoms with Crippen LogP contribution in [0.3, 0.4) is 0 Å². The first-order valence-electron chi connectivity index (χ1n) is 4.39. The van der Waals surface area contributed by atoms with Gasteiger partial charge in [-0.25, -0.2) is 0 Å². The second-order valence-corrected chi connectivity index (χ2v) is 2.81. The van der Waals surface area contributed by atoms with Gasteiger partial charge >= 0.3 is 0 Å². The molecule has 0 radical (unpaired) electrons. The van der Waals surface area contributed by atoms with Crippen LogP contribution in [0.4, 0.5) is 0 Å². The summed E-state index contributed by atoms with van der Waals surface area (Å²) in [7, 11) is 0. The average molecular weight is 191 g/mol. The molecule has 0 aliphatic carbocycles. The smallest absolute Gasteiger partial charge is 0.251 e. The highest BCUT2D eigenvalue weighted by Gasteiger charge is 2.02. The van der Waals surface area contributed by atoms with Gasteiger partial charge in [-0.1, -0.05) is 24.8 Å². The van der Waals surface area contributed by atoms with Crippen LogP contribution >= 0.6 is 0 Å². The van der Waals surface area contributed by atoms with E-state index in [-0.39, 0.29) is 19.1 Å². The highest BCUT2D eigenvalue weighted by molar-refractivity contribution is 5.94. The van der Waals surface area contributed by atoms with Crippen LogP contribution in [0.15, 0.2) is 30.8 Å². The summed E-state index contributed by atoms with van der Waals surface area (Å²) < 4.78 is 0. The lowest BCUT2D eigenvalue weighted by Gasteiger charge is -2.02. The second kappa shape index (κ2) is 5.19. The van der Waals surface area contributed by atoms with Gasteiger partial charge in [-0.15, -0.1) is 0 Å². The lowest BCUT2D eigenvalue weighted by molar-refractivity contribution is 0.0945. The minimum absolute atomic E-state index is 0.0452. The molecule has 0 saturated carbocycles. The van der Waals surface area contributed by atoms with E-state index in [1.807, 2.05) is 12.1 Å². The standard InChI is InChI=1S/C11H13NO2/c1-2-9-3-5-10(6-4-9)11(14)12-7-8-13/h2-6,13H,1,7-8H2,(H,12,14). The number of amides is 1. The fourth-order valence-corrected chi connectivity index (χ4v) is 1.04. The van der Waals surface area contributed by atoms with Gasteiger partial charge in [-0.2, -0.15) is 0 Å². The molecular weight excluding hydrogens is 178 g/mol. The summed E-state index contributed by atoms with van der Waals surface area (Å²) in [6.07, 6.45) is 1.72. The number of hydrogen-bond acceptors (Lipinski definition) is 2. The molecule has 3 nitrogen and oxygen atoms in total. The van der Waals surface area contributed by atoms with Gasteiger partial charge in [-0.05, 0) is 17.7 Å². The van der Waals surface area contributed by atoms with Gasteiger partial charge in [0, 0.05) is 12.1 Å². The maximum atomic E-state index is 11.4. The Kier molecular flexibility index (Phi) is 3.88.